The molecule has 8 N–H and O–H groups in total. The van der Waals surface area contributed by atoms with E-state index in [0.717, 1.165) is 21.7 Å². The Hall–Kier alpha value is -6.70. The van der Waals surface area contributed by atoms with E-state index in [-0.39, 0.29) is 19.3 Å². The first kappa shape index (κ1) is 40.5. The molecule has 0 aliphatic rings. The summed E-state index contributed by atoms with van der Waals surface area (Å²) in [4.78, 5) is 82.4. The van der Waals surface area contributed by atoms with Crippen LogP contribution >= 0.6 is 0 Å². The number of fused-ring (bicyclic) bond motifs is 2. The van der Waals surface area contributed by atoms with Gasteiger partial charge >= 0.3 is 12.1 Å². The van der Waals surface area contributed by atoms with E-state index in [1.54, 1.807) is 63.4 Å². The predicted molar refractivity (Wildman–Crippen MR) is 210 cm³/mol. The Bertz CT molecular complexity index is 2210. The number of carbonyl (C=O) groups excluding carboxylic acids is 5. The molecule has 1 aromatic heterocycles. The summed E-state index contributed by atoms with van der Waals surface area (Å²) in [5.41, 5.74) is 7.58. The van der Waals surface area contributed by atoms with E-state index in [1.807, 2.05) is 60.7 Å². The molecule has 4 atom stereocenters. The van der Waals surface area contributed by atoms with E-state index in [1.165, 1.54) is 0 Å². The Morgan fingerprint density at radius 1 is 0.661 bits per heavy atom. The number of nitrogens with two attached hydrogens (primary N) is 1. The number of nitrogens with one attached hydrogen (secondary N) is 5. The molecule has 14 heteroatoms. The van der Waals surface area contributed by atoms with Crippen LogP contribution in [-0.2, 0) is 48.0 Å². The summed E-state index contributed by atoms with van der Waals surface area (Å²) in [5, 5.41) is 22.7. The van der Waals surface area contributed by atoms with Crippen LogP contribution in [0.25, 0.3) is 21.7 Å². The zero-order valence-corrected chi connectivity index (χ0v) is 31.3. The molecule has 0 radical (unpaired) electrons. The number of alkyl carbamates (subject to hydrolysis) is 1. The summed E-state index contributed by atoms with van der Waals surface area (Å²) >= 11 is 0. The molecule has 0 bridgehead atoms. The lowest BCUT2D eigenvalue weighted by atomic mass is 9.99. The minimum Gasteiger partial charge on any atom is -0.481 e. The van der Waals surface area contributed by atoms with Gasteiger partial charge in [-0.1, -0.05) is 91.0 Å². The smallest absolute Gasteiger partial charge is 0.408 e. The second-order valence-corrected chi connectivity index (χ2v) is 14.5. The molecular weight excluding hydrogens is 716 g/mol. The molecule has 1 heterocycles. The van der Waals surface area contributed by atoms with Crippen molar-refractivity contribution in [1.29, 1.82) is 0 Å². The molecule has 0 aliphatic carbocycles. The maximum Gasteiger partial charge on any atom is 0.408 e. The average Bonchev–Trinajstić information content (AvgIpc) is 3.55. The molecule has 5 rings (SSSR count). The lowest BCUT2D eigenvalue weighted by Gasteiger charge is -2.27. The molecule has 4 aromatic carbocycles. The van der Waals surface area contributed by atoms with E-state index in [4.69, 9.17) is 10.5 Å². The van der Waals surface area contributed by atoms with Crippen molar-refractivity contribution in [2.24, 2.45) is 5.73 Å². The molecule has 0 spiro atoms. The number of amides is 5. The third-order valence-corrected chi connectivity index (χ3v) is 8.95. The SMILES string of the molecule is CC(C)(C)OC(=O)N[C@@H](Cc1c[nH]c2ccccc12)C(=O)N[C@H](Cc1ccc2ccccc2c1)C(=O)N[C@H](CC(=O)O)C(=O)N[C@@H](Cc1ccccc1)C(N)=O. The molecule has 0 unspecified atom stereocenters. The van der Waals surface area contributed by atoms with Crippen LogP contribution in [0, 0.1) is 0 Å². The first-order valence-corrected chi connectivity index (χ1v) is 18.1. The number of carboxylic acids is 1. The van der Waals surface area contributed by atoms with Crippen LogP contribution in [0.1, 0.15) is 43.9 Å². The lowest BCUT2D eigenvalue weighted by Crippen LogP contribution is -2.59. The van der Waals surface area contributed by atoms with Crippen LogP contribution in [-0.4, -0.2) is 75.6 Å². The van der Waals surface area contributed by atoms with E-state index in [2.05, 4.69) is 26.3 Å². The van der Waals surface area contributed by atoms with Gasteiger partial charge in [0.05, 0.1) is 6.42 Å². The van der Waals surface area contributed by atoms with E-state index >= 15 is 0 Å². The van der Waals surface area contributed by atoms with Crippen molar-refractivity contribution in [3.8, 4) is 0 Å². The molecule has 5 amide bonds. The molecule has 292 valence electrons. The van der Waals surface area contributed by atoms with Crippen LogP contribution in [0.5, 0.6) is 0 Å². The van der Waals surface area contributed by atoms with Gasteiger partial charge in [-0.2, -0.15) is 0 Å². The largest absolute Gasteiger partial charge is 0.481 e. The number of hydrogen-bond acceptors (Lipinski definition) is 7. The quantitative estimate of drug-likeness (QED) is 0.0785. The van der Waals surface area contributed by atoms with Crippen molar-refractivity contribution in [2.75, 3.05) is 0 Å². The fraction of sp³-hybridized carbons (Fsp3) is 0.286. The van der Waals surface area contributed by atoms with Crippen LogP contribution in [0.4, 0.5) is 4.79 Å². The van der Waals surface area contributed by atoms with Gasteiger partial charge in [0.1, 0.15) is 29.8 Å². The zero-order chi connectivity index (χ0) is 40.4. The molecule has 0 saturated heterocycles. The molecule has 0 aliphatic heterocycles. The van der Waals surface area contributed by atoms with Gasteiger partial charge in [0.2, 0.25) is 23.6 Å². The minimum atomic E-state index is -1.66. The summed E-state index contributed by atoms with van der Waals surface area (Å²) < 4.78 is 5.47. The summed E-state index contributed by atoms with van der Waals surface area (Å²) in [6.45, 7) is 5.05. The van der Waals surface area contributed by atoms with Crippen LogP contribution in [0.2, 0.25) is 0 Å². The molecular formula is C42H46N6O8. The standard InChI is InChI=1S/C42H46N6O8/c1-42(2,3)56-41(55)48-34(22-29-24-44-31-16-10-9-15-30(29)31)39(53)46-33(21-26-17-18-27-13-7-8-14-28(27)19-26)38(52)47-35(23-36(49)50)40(54)45-32(37(43)51)20-25-11-5-4-6-12-25/h4-19,24,32-35,44H,20-23H2,1-3H3,(H2,43,51)(H,45,54)(H,46,53)(H,47,52)(H,48,55)(H,49,50)/t32-,33+,34-,35+/m0/s1. The predicted octanol–water partition coefficient (Wildman–Crippen LogP) is 3.66. The Morgan fingerprint density at radius 2 is 1.23 bits per heavy atom. The number of aliphatic carboxylic acids is 1. The second kappa shape index (κ2) is 18.1. The van der Waals surface area contributed by atoms with Gasteiger partial charge in [-0.25, -0.2) is 4.79 Å². The number of rotatable bonds is 16. The van der Waals surface area contributed by atoms with Gasteiger partial charge in [0, 0.05) is 36.4 Å². The van der Waals surface area contributed by atoms with Gasteiger partial charge in [-0.15, -0.1) is 0 Å². The number of primary amides is 1. The lowest BCUT2D eigenvalue weighted by molar-refractivity contribution is -0.141. The average molecular weight is 763 g/mol. The van der Waals surface area contributed by atoms with Crippen molar-refractivity contribution in [2.45, 2.75) is 76.2 Å². The number of para-hydroxylation sites is 1. The highest BCUT2D eigenvalue weighted by Gasteiger charge is 2.33. The van der Waals surface area contributed by atoms with Gasteiger partial charge in [-0.05, 0) is 54.3 Å². The van der Waals surface area contributed by atoms with Gasteiger partial charge in [0.25, 0.3) is 0 Å². The molecule has 5 aromatic rings. The maximum absolute atomic E-state index is 14.2. The maximum atomic E-state index is 14.2. The normalized spacial score (nSPS) is 13.5. The molecule has 14 nitrogen and oxygen atoms in total. The number of aromatic nitrogens is 1. The van der Waals surface area contributed by atoms with Crippen molar-refractivity contribution in [3.05, 3.63) is 120 Å². The summed E-state index contributed by atoms with van der Waals surface area (Å²) in [6, 6.07) is 23.8. The second-order valence-electron chi connectivity index (χ2n) is 14.5. The number of hydrogen-bond donors (Lipinski definition) is 7. The van der Waals surface area contributed by atoms with E-state index in [9.17, 15) is 33.9 Å². The monoisotopic (exact) mass is 762 g/mol. The van der Waals surface area contributed by atoms with Crippen LogP contribution in [0.3, 0.4) is 0 Å². The van der Waals surface area contributed by atoms with Crippen molar-refractivity contribution < 1.29 is 38.6 Å². The first-order chi connectivity index (χ1) is 26.6. The summed E-state index contributed by atoms with van der Waals surface area (Å²) in [5.74, 6) is -4.84. The highest BCUT2D eigenvalue weighted by atomic mass is 16.6. The fourth-order valence-electron chi connectivity index (χ4n) is 6.26. The number of carboxylic acid groups (broad SMARTS) is 1. The highest BCUT2D eigenvalue weighted by Crippen LogP contribution is 2.21. The minimum absolute atomic E-state index is 0.0133. The van der Waals surface area contributed by atoms with Crippen molar-refractivity contribution in [3.63, 3.8) is 0 Å². The Kier molecular flexibility index (Phi) is 13.1. The van der Waals surface area contributed by atoms with E-state index < -0.39 is 71.9 Å². The Morgan fingerprint density at radius 3 is 1.91 bits per heavy atom. The summed E-state index contributed by atoms with van der Waals surface area (Å²) in [6.07, 6.45) is -0.000878. The van der Waals surface area contributed by atoms with Crippen LogP contribution < -0.4 is 27.0 Å². The van der Waals surface area contributed by atoms with Gasteiger partial charge < -0.3 is 41.8 Å². The number of carbonyl (C=O) groups is 6. The third-order valence-electron chi connectivity index (χ3n) is 8.95. The zero-order valence-electron chi connectivity index (χ0n) is 31.3. The van der Waals surface area contributed by atoms with Crippen molar-refractivity contribution in [1.82, 2.24) is 26.3 Å². The highest BCUT2D eigenvalue weighted by molar-refractivity contribution is 5.97. The first-order valence-electron chi connectivity index (χ1n) is 18.1. The fourth-order valence-corrected chi connectivity index (χ4v) is 6.26. The summed E-state index contributed by atoms with van der Waals surface area (Å²) in [7, 11) is 0. The third kappa shape index (κ3) is 11.4. The molecule has 0 saturated carbocycles. The molecule has 56 heavy (non-hydrogen) atoms. The van der Waals surface area contributed by atoms with Gasteiger partial charge in [0.15, 0.2) is 0 Å². The van der Waals surface area contributed by atoms with E-state index in [0.29, 0.717) is 16.7 Å². The number of ether oxygens (including phenoxy) is 1. The van der Waals surface area contributed by atoms with Gasteiger partial charge in [-0.3, -0.25) is 24.0 Å². The topological polar surface area (TPSA) is 222 Å². The Balaban J connectivity index is 1.43. The molecule has 0 fully saturated rings. The Labute approximate surface area is 323 Å². The number of H-pyrrole nitrogens is 1. The van der Waals surface area contributed by atoms with Crippen LogP contribution in [0.15, 0.2) is 103 Å². The number of benzene rings is 4. The number of aromatic amines is 1. The van der Waals surface area contributed by atoms with Crippen molar-refractivity contribution >= 4 is 57.4 Å².